The van der Waals surface area contributed by atoms with Crippen LogP contribution in [0.4, 0.5) is 15.9 Å². The van der Waals surface area contributed by atoms with Crippen LogP contribution in [0.15, 0.2) is 36.7 Å². The fraction of sp³-hybridized carbons (Fsp3) is 0.440. The van der Waals surface area contributed by atoms with E-state index in [-0.39, 0.29) is 11.4 Å². The summed E-state index contributed by atoms with van der Waals surface area (Å²) in [7, 11) is 2.19. The Balaban J connectivity index is 1.71. The summed E-state index contributed by atoms with van der Waals surface area (Å²) in [6.45, 7) is 8.70. The van der Waals surface area contributed by atoms with Gasteiger partial charge in [-0.2, -0.15) is 0 Å². The maximum absolute atomic E-state index is 14.6. The number of hydrogen-bond donors (Lipinski definition) is 1. The molecule has 1 saturated heterocycles. The first-order valence-corrected chi connectivity index (χ1v) is 11.0. The van der Waals surface area contributed by atoms with Crippen molar-refractivity contribution in [3.8, 4) is 0 Å². The SMILES string of the molecule is CCc1cc2ncnc(Nc3cccc(C)c3F)c2cc1CN(C)C1(C)CCOCC1. The van der Waals surface area contributed by atoms with E-state index in [9.17, 15) is 4.39 Å². The summed E-state index contributed by atoms with van der Waals surface area (Å²) in [6, 6.07) is 9.65. The molecule has 1 N–H and O–H groups in total. The minimum absolute atomic E-state index is 0.122. The van der Waals surface area contributed by atoms with Crippen LogP contribution in [0.3, 0.4) is 0 Å². The Morgan fingerprint density at radius 2 is 1.94 bits per heavy atom. The molecule has 2 heterocycles. The Hall–Kier alpha value is -2.57. The number of ether oxygens (including phenoxy) is 1. The van der Waals surface area contributed by atoms with Crippen LogP contribution in [0.5, 0.6) is 0 Å². The van der Waals surface area contributed by atoms with E-state index in [0.717, 1.165) is 49.9 Å². The van der Waals surface area contributed by atoms with E-state index in [1.807, 2.05) is 6.07 Å². The van der Waals surface area contributed by atoms with Gasteiger partial charge in [-0.1, -0.05) is 19.1 Å². The van der Waals surface area contributed by atoms with Gasteiger partial charge in [-0.05, 0) is 75.0 Å². The van der Waals surface area contributed by atoms with Crippen LogP contribution in [-0.2, 0) is 17.7 Å². The van der Waals surface area contributed by atoms with Crippen LogP contribution < -0.4 is 5.32 Å². The summed E-state index contributed by atoms with van der Waals surface area (Å²) in [4.78, 5) is 11.4. The van der Waals surface area contributed by atoms with Crippen molar-refractivity contribution in [1.82, 2.24) is 14.9 Å². The first-order chi connectivity index (χ1) is 14.9. The molecule has 2 aromatic carbocycles. The second-order valence-electron chi connectivity index (χ2n) is 8.74. The number of aromatic nitrogens is 2. The van der Waals surface area contributed by atoms with Gasteiger partial charge < -0.3 is 10.1 Å². The van der Waals surface area contributed by atoms with Gasteiger partial charge in [0, 0.05) is 30.7 Å². The van der Waals surface area contributed by atoms with Crippen LogP contribution in [0.25, 0.3) is 10.9 Å². The number of aryl methyl sites for hydroxylation is 2. The molecule has 0 atom stereocenters. The van der Waals surface area contributed by atoms with Gasteiger partial charge in [-0.3, -0.25) is 4.90 Å². The topological polar surface area (TPSA) is 50.3 Å². The largest absolute Gasteiger partial charge is 0.381 e. The van der Waals surface area contributed by atoms with Crippen molar-refractivity contribution in [2.45, 2.75) is 52.1 Å². The molecule has 164 valence electrons. The van der Waals surface area contributed by atoms with E-state index in [4.69, 9.17) is 4.74 Å². The van der Waals surface area contributed by atoms with Crippen molar-refractivity contribution < 1.29 is 9.13 Å². The van der Waals surface area contributed by atoms with E-state index in [2.05, 4.69) is 53.2 Å². The minimum Gasteiger partial charge on any atom is -0.381 e. The van der Waals surface area contributed by atoms with Crippen molar-refractivity contribution in [3.05, 3.63) is 59.2 Å². The Kier molecular flexibility index (Phi) is 6.21. The number of fused-ring (bicyclic) bond motifs is 1. The standard InChI is InChI=1S/C25H31FN4O/c1-5-18-14-22-20(13-19(18)15-30(4)25(3)9-11-31-12-10-25)24(28-16-27-22)29-21-8-6-7-17(2)23(21)26/h6-8,13-14,16H,5,9-12,15H2,1-4H3,(H,27,28,29). The van der Waals surface area contributed by atoms with E-state index >= 15 is 0 Å². The fourth-order valence-electron chi connectivity index (χ4n) is 4.28. The summed E-state index contributed by atoms with van der Waals surface area (Å²) in [5.41, 5.74) is 4.55. The van der Waals surface area contributed by atoms with Crippen molar-refractivity contribution >= 4 is 22.4 Å². The molecular formula is C25H31FN4O. The molecule has 5 nitrogen and oxygen atoms in total. The highest BCUT2D eigenvalue weighted by atomic mass is 19.1. The third-order valence-corrected chi connectivity index (χ3v) is 6.68. The maximum Gasteiger partial charge on any atom is 0.149 e. The molecule has 0 bridgehead atoms. The van der Waals surface area contributed by atoms with Crippen LogP contribution in [0, 0.1) is 12.7 Å². The zero-order valence-electron chi connectivity index (χ0n) is 18.8. The van der Waals surface area contributed by atoms with Crippen LogP contribution in [0.1, 0.15) is 43.4 Å². The van der Waals surface area contributed by atoms with Gasteiger partial charge in [0.1, 0.15) is 18.0 Å². The molecule has 0 radical (unpaired) electrons. The summed E-state index contributed by atoms with van der Waals surface area (Å²) < 4.78 is 20.2. The van der Waals surface area contributed by atoms with E-state index in [1.54, 1.807) is 19.1 Å². The molecule has 3 aromatic rings. The van der Waals surface area contributed by atoms with E-state index in [1.165, 1.54) is 17.5 Å². The number of rotatable bonds is 6. The van der Waals surface area contributed by atoms with Gasteiger partial charge >= 0.3 is 0 Å². The highest BCUT2D eigenvalue weighted by Crippen LogP contribution is 2.31. The average Bonchev–Trinajstić information content (AvgIpc) is 2.77. The lowest BCUT2D eigenvalue weighted by atomic mass is 9.89. The lowest BCUT2D eigenvalue weighted by Gasteiger charge is -2.42. The number of nitrogens with one attached hydrogen (secondary N) is 1. The maximum atomic E-state index is 14.6. The van der Waals surface area contributed by atoms with Crippen LogP contribution >= 0.6 is 0 Å². The summed E-state index contributed by atoms with van der Waals surface area (Å²) >= 11 is 0. The van der Waals surface area contributed by atoms with Gasteiger partial charge in [0.05, 0.1) is 11.2 Å². The van der Waals surface area contributed by atoms with Gasteiger partial charge in [0.2, 0.25) is 0 Å². The molecule has 1 aliphatic heterocycles. The first-order valence-electron chi connectivity index (χ1n) is 11.0. The molecule has 0 aliphatic carbocycles. The summed E-state index contributed by atoms with van der Waals surface area (Å²) in [5, 5.41) is 4.09. The van der Waals surface area contributed by atoms with Crippen molar-refractivity contribution in [1.29, 1.82) is 0 Å². The molecule has 6 heteroatoms. The highest BCUT2D eigenvalue weighted by Gasteiger charge is 2.31. The number of anilines is 2. The van der Waals surface area contributed by atoms with Gasteiger partial charge in [-0.15, -0.1) is 0 Å². The zero-order chi connectivity index (χ0) is 22.0. The van der Waals surface area contributed by atoms with E-state index < -0.39 is 0 Å². The third-order valence-electron chi connectivity index (χ3n) is 6.68. The summed E-state index contributed by atoms with van der Waals surface area (Å²) in [6.07, 6.45) is 4.52. The molecule has 1 fully saturated rings. The summed E-state index contributed by atoms with van der Waals surface area (Å²) in [5.74, 6) is 0.366. The van der Waals surface area contributed by atoms with Crippen LogP contribution in [-0.4, -0.2) is 40.7 Å². The number of halogens is 1. The Morgan fingerprint density at radius 3 is 2.68 bits per heavy atom. The third kappa shape index (κ3) is 4.41. The van der Waals surface area contributed by atoms with Crippen molar-refractivity contribution in [2.24, 2.45) is 0 Å². The molecule has 1 aromatic heterocycles. The van der Waals surface area contributed by atoms with Crippen molar-refractivity contribution in [2.75, 3.05) is 25.6 Å². The lowest BCUT2D eigenvalue weighted by molar-refractivity contribution is -0.0111. The average molecular weight is 423 g/mol. The molecule has 0 spiro atoms. The quantitative estimate of drug-likeness (QED) is 0.578. The van der Waals surface area contributed by atoms with Gasteiger partial charge in [0.15, 0.2) is 0 Å². The second-order valence-corrected chi connectivity index (χ2v) is 8.74. The number of hydrogen-bond acceptors (Lipinski definition) is 5. The zero-order valence-corrected chi connectivity index (χ0v) is 18.8. The smallest absolute Gasteiger partial charge is 0.149 e. The first kappa shape index (κ1) is 21.7. The molecule has 0 unspecified atom stereocenters. The fourth-order valence-corrected chi connectivity index (χ4v) is 4.28. The Bertz CT molecular complexity index is 1080. The highest BCUT2D eigenvalue weighted by molar-refractivity contribution is 5.91. The van der Waals surface area contributed by atoms with Gasteiger partial charge in [0.25, 0.3) is 0 Å². The van der Waals surface area contributed by atoms with E-state index in [0.29, 0.717) is 17.1 Å². The predicted octanol–water partition coefficient (Wildman–Crippen LogP) is 5.38. The van der Waals surface area contributed by atoms with Crippen molar-refractivity contribution in [3.63, 3.8) is 0 Å². The molecular weight excluding hydrogens is 391 g/mol. The second kappa shape index (κ2) is 8.89. The molecule has 0 saturated carbocycles. The monoisotopic (exact) mass is 422 g/mol. The minimum atomic E-state index is -0.258. The number of nitrogens with zero attached hydrogens (tertiary/aromatic N) is 3. The predicted molar refractivity (Wildman–Crippen MR) is 123 cm³/mol. The molecule has 1 aliphatic rings. The number of benzene rings is 2. The lowest BCUT2D eigenvalue weighted by Crippen LogP contribution is -2.47. The van der Waals surface area contributed by atoms with Gasteiger partial charge in [-0.25, -0.2) is 14.4 Å². The molecule has 4 rings (SSSR count). The Morgan fingerprint density at radius 1 is 1.16 bits per heavy atom. The molecule has 31 heavy (non-hydrogen) atoms. The normalized spacial score (nSPS) is 16.1. The Labute approximate surface area is 183 Å². The molecule has 0 amide bonds. The van der Waals surface area contributed by atoms with Crippen LogP contribution in [0.2, 0.25) is 0 Å².